The summed E-state index contributed by atoms with van der Waals surface area (Å²) in [5, 5.41) is 9.35. The van der Waals surface area contributed by atoms with Gasteiger partial charge in [-0.1, -0.05) is 18.2 Å². The van der Waals surface area contributed by atoms with E-state index in [0.717, 1.165) is 16.0 Å². The number of nitrogens with zero attached hydrogens (tertiary/aromatic N) is 1. The quantitative estimate of drug-likeness (QED) is 0.586. The molecule has 2 aromatic heterocycles. The smallest absolute Gasteiger partial charge is 0.129 e. The fourth-order valence-electron chi connectivity index (χ4n) is 2.53. The van der Waals surface area contributed by atoms with E-state index in [-0.39, 0.29) is 12.4 Å². The van der Waals surface area contributed by atoms with Crippen LogP contribution in [0.3, 0.4) is 0 Å². The maximum Gasteiger partial charge on any atom is 0.129 e. The van der Waals surface area contributed by atoms with Crippen LogP contribution in [0.25, 0.3) is 31.6 Å². The molecule has 0 fully saturated rings. The maximum atomic E-state index is 13.8. The normalized spacial score (nSPS) is 11.5. The molecule has 0 saturated carbocycles. The molecule has 2 aromatic carbocycles. The number of thiophene rings is 1. The molecule has 0 unspecified atom stereocenters. The Bertz CT molecular complexity index is 922. The van der Waals surface area contributed by atoms with Crippen molar-refractivity contribution in [1.82, 2.24) is 10.2 Å². The van der Waals surface area contributed by atoms with Gasteiger partial charge in [0, 0.05) is 22.2 Å². The fraction of sp³-hybridized carbons (Fsp3) is 0.0625. The number of nitrogens with one attached hydrogen (secondary N) is 1. The van der Waals surface area contributed by atoms with Crippen molar-refractivity contribution in [2.45, 2.75) is 6.54 Å². The van der Waals surface area contributed by atoms with E-state index in [2.05, 4.69) is 28.4 Å². The summed E-state index contributed by atoms with van der Waals surface area (Å²) < 4.78 is 15.0. The van der Waals surface area contributed by atoms with Gasteiger partial charge < -0.3 is 5.73 Å². The Morgan fingerprint density at radius 3 is 2.86 bits per heavy atom. The lowest BCUT2D eigenvalue weighted by atomic mass is 10.1. The second-order valence-electron chi connectivity index (χ2n) is 4.91. The molecule has 5 heteroatoms. The summed E-state index contributed by atoms with van der Waals surface area (Å²) in [6.07, 6.45) is 0. The second-order valence-corrected chi connectivity index (χ2v) is 6.00. The lowest BCUT2D eigenvalue weighted by molar-refractivity contribution is 0.612. The Morgan fingerprint density at radius 1 is 1.19 bits per heavy atom. The van der Waals surface area contributed by atoms with E-state index in [9.17, 15) is 4.39 Å². The molecule has 0 aliphatic heterocycles. The van der Waals surface area contributed by atoms with Gasteiger partial charge in [0.15, 0.2) is 0 Å². The molecule has 3 nitrogen and oxygen atoms in total. The van der Waals surface area contributed by atoms with Crippen LogP contribution in [0.5, 0.6) is 0 Å². The molecule has 0 atom stereocenters. The zero-order chi connectivity index (χ0) is 14.4. The van der Waals surface area contributed by atoms with E-state index >= 15 is 0 Å². The molecule has 104 valence electrons. The predicted octanol–water partition coefficient (Wildman–Crippen LogP) is 4.04. The van der Waals surface area contributed by atoms with Crippen LogP contribution in [0, 0.1) is 5.82 Å². The minimum Gasteiger partial charge on any atom is -0.326 e. The summed E-state index contributed by atoms with van der Waals surface area (Å²) in [6, 6.07) is 13.6. The van der Waals surface area contributed by atoms with Crippen molar-refractivity contribution in [3.63, 3.8) is 0 Å². The van der Waals surface area contributed by atoms with Crippen molar-refractivity contribution in [3.8, 4) is 10.6 Å². The van der Waals surface area contributed by atoms with Gasteiger partial charge in [0.1, 0.15) is 11.5 Å². The van der Waals surface area contributed by atoms with Crippen LogP contribution in [0.15, 0.2) is 42.5 Å². The molecule has 2 heterocycles. The first-order valence-electron chi connectivity index (χ1n) is 6.62. The molecule has 4 rings (SSSR count). The first kappa shape index (κ1) is 12.5. The van der Waals surface area contributed by atoms with Crippen LogP contribution in [-0.4, -0.2) is 10.2 Å². The van der Waals surface area contributed by atoms with Crippen LogP contribution in [0.1, 0.15) is 5.56 Å². The van der Waals surface area contributed by atoms with Gasteiger partial charge in [-0.2, -0.15) is 5.10 Å². The summed E-state index contributed by atoms with van der Waals surface area (Å²) in [7, 11) is 0. The number of aromatic nitrogens is 2. The van der Waals surface area contributed by atoms with Crippen molar-refractivity contribution < 1.29 is 4.39 Å². The number of benzene rings is 2. The van der Waals surface area contributed by atoms with Crippen LogP contribution in [0.4, 0.5) is 4.39 Å². The van der Waals surface area contributed by atoms with Crippen molar-refractivity contribution in [1.29, 1.82) is 0 Å². The van der Waals surface area contributed by atoms with E-state index < -0.39 is 0 Å². The highest BCUT2D eigenvalue weighted by Gasteiger charge is 2.13. The third-order valence-electron chi connectivity index (χ3n) is 3.61. The van der Waals surface area contributed by atoms with E-state index in [1.165, 1.54) is 16.2 Å². The second kappa shape index (κ2) is 4.65. The molecule has 0 amide bonds. The monoisotopic (exact) mass is 297 g/mol. The third-order valence-corrected chi connectivity index (χ3v) is 4.73. The number of fused-ring (bicyclic) bond motifs is 2. The maximum absolute atomic E-state index is 13.8. The Kier molecular flexibility index (Phi) is 2.77. The SMILES string of the molecule is NCc1cc2c(-c3cc4ccccc4s3)n[nH]c2cc1F. The molecule has 0 radical (unpaired) electrons. The highest BCUT2D eigenvalue weighted by atomic mass is 32.1. The molecule has 3 N–H and O–H groups in total. The summed E-state index contributed by atoms with van der Waals surface area (Å²) in [5.41, 5.74) is 7.64. The zero-order valence-corrected chi connectivity index (χ0v) is 11.9. The van der Waals surface area contributed by atoms with Gasteiger partial charge >= 0.3 is 0 Å². The highest BCUT2D eigenvalue weighted by Crippen LogP contribution is 2.36. The molecule has 0 saturated heterocycles. The summed E-state index contributed by atoms with van der Waals surface area (Å²) in [5.74, 6) is -0.295. The molecule has 0 aliphatic carbocycles. The van der Waals surface area contributed by atoms with Gasteiger partial charge in [0.2, 0.25) is 0 Å². The Labute approximate surface area is 124 Å². The fourth-order valence-corrected chi connectivity index (χ4v) is 3.59. The summed E-state index contributed by atoms with van der Waals surface area (Å²) in [6.45, 7) is 0.179. The average molecular weight is 297 g/mol. The Morgan fingerprint density at radius 2 is 2.05 bits per heavy atom. The Balaban J connectivity index is 1.97. The predicted molar refractivity (Wildman–Crippen MR) is 84.8 cm³/mol. The minimum atomic E-state index is -0.295. The topological polar surface area (TPSA) is 54.7 Å². The van der Waals surface area contributed by atoms with Crippen LogP contribution >= 0.6 is 11.3 Å². The largest absolute Gasteiger partial charge is 0.326 e. The molecular formula is C16H12FN3S. The number of hydrogen-bond donors (Lipinski definition) is 2. The summed E-state index contributed by atoms with van der Waals surface area (Å²) in [4.78, 5) is 1.07. The van der Waals surface area contributed by atoms with Gasteiger partial charge in [0.05, 0.1) is 10.4 Å². The minimum absolute atomic E-state index is 0.179. The first-order chi connectivity index (χ1) is 10.3. The van der Waals surface area contributed by atoms with E-state index in [1.807, 2.05) is 12.1 Å². The average Bonchev–Trinajstić information content (AvgIpc) is 3.08. The van der Waals surface area contributed by atoms with E-state index in [4.69, 9.17) is 5.73 Å². The van der Waals surface area contributed by atoms with E-state index in [1.54, 1.807) is 17.4 Å². The lowest BCUT2D eigenvalue weighted by Crippen LogP contribution is -1.99. The molecule has 4 aromatic rings. The van der Waals surface area contributed by atoms with Crippen LogP contribution in [0.2, 0.25) is 0 Å². The van der Waals surface area contributed by atoms with Crippen molar-refractivity contribution in [2.75, 3.05) is 0 Å². The molecule has 0 bridgehead atoms. The first-order valence-corrected chi connectivity index (χ1v) is 7.43. The molecule has 0 spiro atoms. The van der Waals surface area contributed by atoms with Gasteiger partial charge in [-0.25, -0.2) is 4.39 Å². The van der Waals surface area contributed by atoms with Crippen molar-refractivity contribution in [3.05, 3.63) is 53.8 Å². The van der Waals surface area contributed by atoms with Crippen LogP contribution in [-0.2, 0) is 6.54 Å². The standard InChI is InChI=1S/C16H12FN3S/c17-12-7-13-11(5-10(12)8-18)16(20-19-13)15-6-9-3-1-2-4-14(9)21-15/h1-7H,8,18H2,(H,19,20). The van der Waals surface area contributed by atoms with Crippen LogP contribution < -0.4 is 5.73 Å². The van der Waals surface area contributed by atoms with Gasteiger partial charge in [-0.05, 0) is 29.7 Å². The van der Waals surface area contributed by atoms with E-state index in [0.29, 0.717) is 11.1 Å². The molecular weight excluding hydrogens is 285 g/mol. The molecule has 0 aliphatic rings. The summed E-state index contributed by atoms with van der Waals surface area (Å²) >= 11 is 1.68. The van der Waals surface area contributed by atoms with Crippen molar-refractivity contribution >= 4 is 32.3 Å². The number of nitrogens with two attached hydrogens (primary N) is 1. The number of hydrogen-bond acceptors (Lipinski definition) is 3. The number of H-pyrrole nitrogens is 1. The molecule has 21 heavy (non-hydrogen) atoms. The van der Waals surface area contributed by atoms with Gasteiger partial charge in [-0.15, -0.1) is 11.3 Å². The van der Waals surface area contributed by atoms with Gasteiger partial charge in [-0.3, -0.25) is 5.10 Å². The van der Waals surface area contributed by atoms with Gasteiger partial charge in [0.25, 0.3) is 0 Å². The Hall–Kier alpha value is -2.24. The number of rotatable bonds is 2. The zero-order valence-electron chi connectivity index (χ0n) is 11.1. The lowest BCUT2D eigenvalue weighted by Gasteiger charge is -2.00. The third kappa shape index (κ3) is 1.93. The van der Waals surface area contributed by atoms with Crippen molar-refractivity contribution in [2.24, 2.45) is 5.73 Å². The highest BCUT2D eigenvalue weighted by molar-refractivity contribution is 7.22. The number of halogens is 1. The number of aromatic amines is 1.